The predicted molar refractivity (Wildman–Crippen MR) is 53.7 cm³/mol. The summed E-state index contributed by atoms with van der Waals surface area (Å²) >= 11 is 0. The highest BCUT2D eigenvalue weighted by atomic mass is 16.4. The Morgan fingerprint density at radius 3 is 2.86 bits per heavy atom. The summed E-state index contributed by atoms with van der Waals surface area (Å²) in [6.07, 6.45) is 5.47. The van der Waals surface area contributed by atoms with E-state index in [4.69, 9.17) is 5.11 Å². The standard InChI is InChI=1S/C10H14N2O2/c1-4-12-7-8(6-11-12)5-10(2,3)9(13)14/h4,6-7H,1,5H2,2-3H3,(H,13,14). The molecule has 0 bridgehead atoms. The van der Waals surface area contributed by atoms with Gasteiger partial charge in [-0.3, -0.25) is 4.79 Å². The lowest BCUT2D eigenvalue weighted by Crippen LogP contribution is -2.25. The Bertz CT molecular complexity index is 353. The molecule has 1 aromatic heterocycles. The fraction of sp³-hybridized carbons (Fsp3) is 0.400. The Morgan fingerprint density at radius 1 is 1.79 bits per heavy atom. The quantitative estimate of drug-likeness (QED) is 0.792. The van der Waals surface area contributed by atoms with Crippen molar-refractivity contribution in [3.05, 3.63) is 24.5 Å². The van der Waals surface area contributed by atoms with E-state index in [2.05, 4.69) is 11.7 Å². The van der Waals surface area contributed by atoms with Crippen molar-refractivity contribution in [2.24, 2.45) is 5.41 Å². The Balaban J connectivity index is 2.78. The van der Waals surface area contributed by atoms with Crippen LogP contribution in [0.2, 0.25) is 0 Å². The molecule has 76 valence electrons. The summed E-state index contributed by atoms with van der Waals surface area (Å²) in [6.45, 7) is 6.95. The van der Waals surface area contributed by atoms with Crippen molar-refractivity contribution in [1.29, 1.82) is 0 Å². The largest absolute Gasteiger partial charge is 0.481 e. The molecular formula is C10H14N2O2. The number of aliphatic carboxylic acids is 1. The monoisotopic (exact) mass is 194 g/mol. The van der Waals surface area contributed by atoms with Gasteiger partial charge in [-0.15, -0.1) is 0 Å². The average molecular weight is 194 g/mol. The van der Waals surface area contributed by atoms with E-state index in [1.807, 2.05) is 0 Å². The van der Waals surface area contributed by atoms with Crippen molar-refractivity contribution < 1.29 is 9.90 Å². The molecule has 0 spiro atoms. The second-order valence-electron chi connectivity index (χ2n) is 3.88. The molecule has 0 saturated carbocycles. The Hall–Kier alpha value is -1.58. The van der Waals surface area contributed by atoms with E-state index in [-0.39, 0.29) is 0 Å². The maximum Gasteiger partial charge on any atom is 0.309 e. The van der Waals surface area contributed by atoms with Crippen LogP contribution in [0.3, 0.4) is 0 Å². The first-order valence-corrected chi connectivity index (χ1v) is 4.35. The maximum atomic E-state index is 10.9. The fourth-order valence-corrected chi connectivity index (χ4v) is 1.15. The first kappa shape index (κ1) is 10.5. The molecule has 0 radical (unpaired) electrons. The summed E-state index contributed by atoms with van der Waals surface area (Å²) in [5, 5.41) is 12.9. The SMILES string of the molecule is C=Cn1cc(CC(C)(C)C(=O)O)cn1. The number of carboxylic acid groups (broad SMARTS) is 1. The molecule has 0 unspecified atom stereocenters. The second-order valence-corrected chi connectivity index (χ2v) is 3.88. The zero-order valence-corrected chi connectivity index (χ0v) is 8.40. The van der Waals surface area contributed by atoms with Crippen LogP contribution in [0.15, 0.2) is 19.0 Å². The molecule has 0 saturated heterocycles. The third kappa shape index (κ3) is 2.22. The van der Waals surface area contributed by atoms with Gasteiger partial charge in [0.25, 0.3) is 0 Å². The van der Waals surface area contributed by atoms with Crippen molar-refractivity contribution in [3.8, 4) is 0 Å². The first-order chi connectivity index (χ1) is 6.45. The number of carbonyl (C=O) groups is 1. The number of nitrogens with zero attached hydrogens (tertiary/aromatic N) is 2. The molecule has 14 heavy (non-hydrogen) atoms. The molecule has 0 atom stereocenters. The van der Waals surface area contributed by atoms with E-state index in [0.29, 0.717) is 6.42 Å². The molecule has 0 aromatic carbocycles. The van der Waals surface area contributed by atoms with Crippen LogP contribution in [0.25, 0.3) is 6.20 Å². The molecular weight excluding hydrogens is 180 g/mol. The van der Waals surface area contributed by atoms with Gasteiger partial charge in [-0.25, -0.2) is 4.68 Å². The highest BCUT2D eigenvalue weighted by Crippen LogP contribution is 2.21. The van der Waals surface area contributed by atoms with E-state index in [1.165, 1.54) is 0 Å². The Kier molecular flexibility index (Phi) is 2.74. The topological polar surface area (TPSA) is 55.1 Å². The van der Waals surface area contributed by atoms with Gasteiger partial charge in [0.15, 0.2) is 0 Å². The van der Waals surface area contributed by atoms with E-state index < -0.39 is 11.4 Å². The fourth-order valence-electron chi connectivity index (χ4n) is 1.15. The van der Waals surface area contributed by atoms with Crippen LogP contribution < -0.4 is 0 Å². The van der Waals surface area contributed by atoms with Crippen LogP contribution in [-0.4, -0.2) is 20.9 Å². The zero-order chi connectivity index (χ0) is 10.8. The Labute approximate surface area is 82.9 Å². The molecule has 0 amide bonds. The molecule has 4 heteroatoms. The summed E-state index contributed by atoms with van der Waals surface area (Å²) in [7, 11) is 0. The molecule has 1 heterocycles. The number of carboxylic acids is 1. The summed E-state index contributed by atoms with van der Waals surface area (Å²) in [5.41, 5.74) is 0.145. The molecule has 0 aliphatic heterocycles. The molecule has 1 aromatic rings. The number of aromatic nitrogens is 2. The van der Waals surface area contributed by atoms with Gasteiger partial charge in [-0.05, 0) is 25.8 Å². The molecule has 0 aliphatic rings. The minimum atomic E-state index is -0.802. The minimum absolute atomic E-state index is 0.468. The van der Waals surface area contributed by atoms with Crippen molar-refractivity contribution in [1.82, 2.24) is 9.78 Å². The van der Waals surface area contributed by atoms with Crippen molar-refractivity contribution in [2.45, 2.75) is 20.3 Å². The summed E-state index contributed by atoms with van der Waals surface area (Å²) in [4.78, 5) is 10.9. The predicted octanol–water partition coefficient (Wildman–Crippen LogP) is 1.64. The number of hydrogen-bond donors (Lipinski definition) is 1. The van der Waals surface area contributed by atoms with Gasteiger partial charge in [0.2, 0.25) is 0 Å². The van der Waals surface area contributed by atoms with Gasteiger partial charge >= 0.3 is 5.97 Å². The van der Waals surface area contributed by atoms with E-state index in [1.54, 1.807) is 37.1 Å². The summed E-state index contributed by atoms with van der Waals surface area (Å²) < 4.78 is 1.56. The van der Waals surface area contributed by atoms with Gasteiger partial charge in [0.05, 0.1) is 11.6 Å². The van der Waals surface area contributed by atoms with Crippen LogP contribution in [0, 0.1) is 5.41 Å². The van der Waals surface area contributed by atoms with Crippen molar-refractivity contribution in [2.75, 3.05) is 0 Å². The maximum absolute atomic E-state index is 10.9. The number of rotatable bonds is 4. The van der Waals surface area contributed by atoms with Gasteiger partial charge in [0.1, 0.15) is 0 Å². The van der Waals surface area contributed by atoms with E-state index in [0.717, 1.165) is 5.56 Å². The normalized spacial score (nSPS) is 11.3. The summed E-state index contributed by atoms with van der Waals surface area (Å²) in [6, 6.07) is 0. The minimum Gasteiger partial charge on any atom is -0.481 e. The highest BCUT2D eigenvalue weighted by molar-refractivity contribution is 5.74. The van der Waals surface area contributed by atoms with Gasteiger partial charge in [0, 0.05) is 12.4 Å². The van der Waals surface area contributed by atoms with Crippen LogP contribution in [0.5, 0.6) is 0 Å². The Morgan fingerprint density at radius 2 is 2.43 bits per heavy atom. The van der Waals surface area contributed by atoms with Crippen molar-refractivity contribution >= 4 is 12.2 Å². The van der Waals surface area contributed by atoms with Gasteiger partial charge in [-0.2, -0.15) is 5.10 Å². The second kappa shape index (κ2) is 3.65. The van der Waals surface area contributed by atoms with Gasteiger partial charge in [-0.1, -0.05) is 6.58 Å². The smallest absolute Gasteiger partial charge is 0.309 e. The van der Waals surface area contributed by atoms with Crippen LogP contribution in [0.4, 0.5) is 0 Å². The average Bonchev–Trinajstić information content (AvgIpc) is 2.51. The molecule has 1 N–H and O–H groups in total. The molecule has 4 nitrogen and oxygen atoms in total. The lowest BCUT2D eigenvalue weighted by atomic mass is 9.87. The van der Waals surface area contributed by atoms with Crippen LogP contribution in [-0.2, 0) is 11.2 Å². The highest BCUT2D eigenvalue weighted by Gasteiger charge is 2.27. The van der Waals surface area contributed by atoms with E-state index in [9.17, 15) is 4.79 Å². The summed E-state index contributed by atoms with van der Waals surface area (Å²) in [5.74, 6) is -0.802. The zero-order valence-electron chi connectivity index (χ0n) is 8.40. The number of hydrogen-bond acceptors (Lipinski definition) is 2. The van der Waals surface area contributed by atoms with Crippen LogP contribution in [0.1, 0.15) is 19.4 Å². The van der Waals surface area contributed by atoms with E-state index >= 15 is 0 Å². The van der Waals surface area contributed by atoms with Gasteiger partial charge < -0.3 is 5.11 Å². The lowest BCUT2D eigenvalue weighted by molar-refractivity contribution is -0.146. The molecule has 0 aliphatic carbocycles. The van der Waals surface area contributed by atoms with Crippen LogP contribution >= 0.6 is 0 Å². The third-order valence-electron chi connectivity index (χ3n) is 2.07. The molecule has 1 rings (SSSR count). The van der Waals surface area contributed by atoms with Crippen molar-refractivity contribution in [3.63, 3.8) is 0 Å². The first-order valence-electron chi connectivity index (χ1n) is 4.35. The lowest BCUT2D eigenvalue weighted by Gasteiger charge is -2.17. The third-order valence-corrected chi connectivity index (χ3v) is 2.07. The molecule has 0 fully saturated rings.